The van der Waals surface area contributed by atoms with Crippen LogP contribution in [0.25, 0.3) is 6.08 Å². The zero-order valence-corrected chi connectivity index (χ0v) is 13.0. The minimum absolute atomic E-state index is 0.0254. The number of para-hydroxylation sites is 1. The summed E-state index contributed by atoms with van der Waals surface area (Å²) in [6.45, 7) is 4.13. The fraction of sp³-hybridized carbons (Fsp3) is 0.167. The van der Waals surface area contributed by atoms with Gasteiger partial charge in [0.2, 0.25) is 5.91 Å². The van der Waals surface area contributed by atoms with Gasteiger partial charge in [-0.25, -0.2) is 0 Å². The van der Waals surface area contributed by atoms with E-state index in [9.17, 15) is 14.9 Å². The third-order valence-electron chi connectivity index (χ3n) is 3.37. The van der Waals surface area contributed by atoms with E-state index in [0.717, 1.165) is 16.8 Å². The van der Waals surface area contributed by atoms with Crippen LogP contribution in [0.5, 0.6) is 0 Å². The number of non-ortho nitro benzene ring substituents is 1. The van der Waals surface area contributed by atoms with E-state index < -0.39 is 4.92 Å². The fourth-order valence-corrected chi connectivity index (χ4v) is 2.17. The van der Waals surface area contributed by atoms with Crippen molar-refractivity contribution in [3.8, 4) is 0 Å². The average molecular weight is 310 g/mol. The van der Waals surface area contributed by atoms with Crippen LogP contribution in [0.1, 0.15) is 30.9 Å². The van der Waals surface area contributed by atoms with Crippen molar-refractivity contribution in [3.63, 3.8) is 0 Å². The van der Waals surface area contributed by atoms with Crippen LogP contribution in [-0.2, 0) is 4.79 Å². The molecule has 1 N–H and O–H groups in total. The topological polar surface area (TPSA) is 72.2 Å². The van der Waals surface area contributed by atoms with Gasteiger partial charge in [-0.1, -0.05) is 32.0 Å². The summed E-state index contributed by atoms with van der Waals surface area (Å²) in [7, 11) is 0. The molecular formula is C18H18N2O3. The molecule has 0 aliphatic carbocycles. The monoisotopic (exact) mass is 310 g/mol. The Balaban J connectivity index is 2.06. The first kappa shape index (κ1) is 16.4. The molecule has 0 aromatic heterocycles. The molecule has 0 atom stereocenters. The number of rotatable bonds is 5. The summed E-state index contributed by atoms with van der Waals surface area (Å²) in [5.74, 6) is 0.0709. The SMILES string of the molecule is CC(C)c1ccccc1NC(=O)C=Cc1ccc([N+](=O)[O-])cc1. The van der Waals surface area contributed by atoms with Gasteiger partial charge in [0, 0.05) is 23.9 Å². The minimum atomic E-state index is -0.455. The Kier molecular flexibility index (Phi) is 5.25. The van der Waals surface area contributed by atoms with Gasteiger partial charge in [0.25, 0.3) is 5.69 Å². The summed E-state index contributed by atoms with van der Waals surface area (Å²) in [6, 6.07) is 13.7. The molecule has 0 fully saturated rings. The molecule has 5 heteroatoms. The molecule has 0 aliphatic rings. The van der Waals surface area contributed by atoms with Gasteiger partial charge < -0.3 is 5.32 Å². The van der Waals surface area contributed by atoms with E-state index in [0.29, 0.717) is 5.92 Å². The van der Waals surface area contributed by atoms with Gasteiger partial charge in [0.05, 0.1) is 4.92 Å². The Morgan fingerprint density at radius 2 is 1.78 bits per heavy atom. The van der Waals surface area contributed by atoms with Crippen LogP contribution in [0.3, 0.4) is 0 Å². The molecule has 0 unspecified atom stereocenters. The van der Waals surface area contributed by atoms with Crippen LogP contribution >= 0.6 is 0 Å². The van der Waals surface area contributed by atoms with Crippen LogP contribution in [-0.4, -0.2) is 10.8 Å². The van der Waals surface area contributed by atoms with Gasteiger partial charge in [0.15, 0.2) is 0 Å². The lowest BCUT2D eigenvalue weighted by atomic mass is 10.0. The largest absolute Gasteiger partial charge is 0.322 e. The first-order valence-electron chi connectivity index (χ1n) is 7.30. The van der Waals surface area contributed by atoms with Crippen molar-refractivity contribution in [2.24, 2.45) is 0 Å². The molecule has 2 aromatic carbocycles. The second-order valence-corrected chi connectivity index (χ2v) is 5.41. The molecule has 0 heterocycles. The standard InChI is InChI=1S/C18H18N2O3/c1-13(2)16-5-3-4-6-17(16)19-18(21)12-9-14-7-10-15(11-8-14)20(22)23/h3-13H,1-2H3,(H,19,21). The van der Waals surface area contributed by atoms with Crippen LogP contribution in [0, 0.1) is 10.1 Å². The quantitative estimate of drug-likeness (QED) is 0.506. The van der Waals surface area contributed by atoms with E-state index >= 15 is 0 Å². The third-order valence-corrected chi connectivity index (χ3v) is 3.37. The molecule has 0 bridgehead atoms. The number of hydrogen-bond acceptors (Lipinski definition) is 3. The predicted molar refractivity (Wildman–Crippen MR) is 91.3 cm³/mol. The van der Waals surface area contributed by atoms with Crippen molar-refractivity contribution in [2.45, 2.75) is 19.8 Å². The smallest absolute Gasteiger partial charge is 0.269 e. The van der Waals surface area contributed by atoms with Crippen LogP contribution in [0.2, 0.25) is 0 Å². The summed E-state index contributed by atoms with van der Waals surface area (Å²) in [4.78, 5) is 22.2. The van der Waals surface area contributed by atoms with Crippen LogP contribution in [0.15, 0.2) is 54.6 Å². The Labute approximate surface area is 134 Å². The molecule has 0 spiro atoms. The number of nitro groups is 1. The second kappa shape index (κ2) is 7.35. The summed E-state index contributed by atoms with van der Waals surface area (Å²) in [6.07, 6.45) is 3.04. The van der Waals surface area contributed by atoms with Crippen molar-refractivity contribution in [1.82, 2.24) is 0 Å². The van der Waals surface area contributed by atoms with E-state index in [1.807, 2.05) is 24.3 Å². The third kappa shape index (κ3) is 4.51. The van der Waals surface area contributed by atoms with Crippen molar-refractivity contribution in [2.75, 3.05) is 5.32 Å². The number of benzene rings is 2. The highest BCUT2D eigenvalue weighted by Gasteiger charge is 2.07. The Hall–Kier alpha value is -2.95. The molecular weight excluding hydrogens is 292 g/mol. The highest BCUT2D eigenvalue weighted by atomic mass is 16.6. The number of nitro benzene ring substituents is 1. The van der Waals surface area contributed by atoms with Crippen molar-refractivity contribution < 1.29 is 9.72 Å². The molecule has 0 aliphatic heterocycles. The highest BCUT2D eigenvalue weighted by Crippen LogP contribution is 2.23. The van der Waals surface area contributed by atoms with Gasteiger partial charge in [-0.15, -0.1) is 0 Å². The number of amides is 1. The van der Waals surface area contributed by atoms with Gasteiger partial charge in [-0.05, 0) is 41.3 Å². The normalized spacial score (nSPS) is 10.9. The molecule has 2 aromatic rings. The lowest BCUT2D eigenvalue weighted by molar-refractivity contribution is -0.384. The van der Waals surface area contributed by atoms with Crippen molar-refractivity contribution in [1.29, 1.82) is 0 Å². The van der Waals surface area contributed by atoms with Crippen LogP contribution < -0.4 is 5.32 Å². The second-order valence-electron chi connectivity index (χ2n) is 5.41. The Morgan fingerprint density at radius 3 is 2.39 bits per heavy atom. The summed E-state index contributed by atoms with van der Waals surface area (Å²) in [5, 5.41) is 13.4. The summed E-state index contributed by atoms with van der Waals surface area (Å²) in [5.41, 5.74) is 2.62. The zero-order valence-electron chi connectivity index (χ0n) is 13.0. The van der Waals surface area contributed by atoms with Crippen molar-refractivity contribution >= 4 is 23.4 Å². The molecule has 0 radical (unpaired) electrons. The Morgan fingerprint density at radius 1 is 1.13 bits per heavy atom. The lowest BCUT2D eigenvalue weighted by Crippen LogP contribution is -2.10. The molecule has 0 saturated carbocycles. The number of carbonyl (C=O) groups excluding carboxylic acids is 1. The molecule has 2 rings (SSSR count). The first-order chi connectivity index (χ1) is 11.0. The lowest BCUT2D eigenvalue weighted by Gasteiger charge is -2.12. The number of anilines is 1. The number of hydrogen-bond donors (Lipinski definition) is 1. The number of nitrogens with zero attached hydrogens (tertiary/aromatic N) is 1. The maximum Gasteiger partial charge on any atom is 0.269 e. The van der Waals surface area contributed by atoms with E-state index in [4.69, 9.17) is 0 Å². The predicted octanol–water partition coefficient (Wildman–Crippen LogP) is 4.37. The molecule has 0 saturated heterocycles. The van der Waals surface area contributed by atoms with Gasteiger partial charge in [0.1, 0.15) is 0 Å². The van der Waals surface area contributed by atoms with Gasteiger partial charge in [-0.2, -0.15) is 0 Å². The Bertz CT molecular complexity index is 734. The first-order valence-corrected chi connectivity index (χ1v) is 7.30. The van der Waals surface area contributed by atoms with E-state index in [-0.39, 0.29) is 11.6 Å². The van der Waals surface area contributed by atoms with E-state index in [2.05, 4.69) is 19.2 Å². The molecule has 23 heavy (non-hydrogen) atoms. The van der Waals surface area contributed by atoms with Crippen molar-refractivity contribution in [3.05, 3.63) is 75.8 Å². The minimum Gasteiger partial charge on any atom is -0.322 e. The maximum absolute atomic E-state index is 12.0. The van der Waals surface area contributed by atoms with Gasteiger partial charge >= 0.3 is 0 Å². The van der Waals surface area contributed by atoms with Crippen LogP contribution in [0.4, 0.5) is 11.4 Å². The zero-order chi connectivity index (χ0) is 16.8. The summed E-state index contributed by atoms with van der Waals surface area (Å²) >= 11 is 0. The average Bonchev–Trinajstić information content (AvgIpc) is 2.53. The summed E-state index contributed by atoms with van der Waals surface area (Å²) < 4.78 is 0. The number of nitrogens with one attached hydrogen (secondary N) is 1. The van der Waals surface area contributed by atoms with E-state index in [1.165, 1.54) is 18.2 Å². The molecule has 5 nitrogen and oxygen atoms in total. The molecule has 118 valence electrons. The highest BCUT2D eigenvalue weighted by molar-refractivity contribution is 6.02. The molecule has 1 amide bonds. The maximum atomic E-state index is 12.0. The van der Waals surface area contributed by atoms with Gasteiger partial charge in [-0.3, -0.25) is 14.9 Å². The fourth-order valence-electron chi connectivity index (χ4n) is 2.17. The van der Waals surface area contributed by atoms with E-state index in [1.54, 1.807) is 18.2 Å². The number of carbonyl (C=O) groups is 1.